The average Bonchev–Trinajstić information content (AvgIpc) is 2.90. The number of nitrogens with one attached hydrogen (secondary N) is 1. The molecule has 0 aliphatic heterocycles. The monoisotopic (exact) mass is 337 g/mol. The van der Waals surface area contributed by atoms with E-state index in [-0.39, 0.29) is 11.2 Å². The highest BCUT2D eigenvalue weighted by atomic mass is 32.2. The van der Waals surface area contributed by atoms with Crippen LogP contribution in [0.15, 0.2) is 11.1 Å². The number of hydrogen-bond donors (Lipinski definition) is 1. The number of hydrogen-bond acceptors (Lipinski definition) is 5. The van der Waals surface area contributed by atoms with Crippen molar-refractivity contribution in [3.05, 3.63) is 16.8 Å². The highest BCUT2D eigenvalue weighted by molar-refractivity contribution is 8.00. The lowest BCUT2D eigenvalue weighted by atomic mass is 10.3. The van der Waals surface area contributed by atoms with Crippen LogP contribution in [0, 0.1) is 6.92 Å². The predicted octanol–water partition coefficient (Wildman–Crippen LogP) is 3.96. The Labute approximate surface area is 140 Å². The third-order valence-electron chi connectivity index (χ3n) is 3.36. The summed E-state index contributed by atoms with van der Waals surface area (Å²) >= 11 is 3.23. The third kappa shape index (κ3) is 4.20. The molecule has 0 saturated carbocycles. The summed E-state index contributed by atoms with van der Waals surface area (Å²) in [7, 11) is 0. The minimum Gasteiger partial charge on any atom is -0.355 e. The number of amides is 1. The van der Waals surface area contributed by atoms with Crippen LogP contribution >= 0.6 is 23.1 Å². The Balaban J connectivity index is 2.16. The number of thioether (sulfide) groups is 1. The Hall–Kier alpha value is -1.14. The largest absolute Gasteiger partial charge is 0.355 e. The smallest absolute Gasteiger partial charge is 0.233 e. The summed E-state index contributed by atoms with van der Waals surface area (Å²) in [6.07, 6.45) is 3.10. The number of thiophene rings is 1. The zero-order chi connectivity index (χ0) is 16.1. The van der Waals surface area contributed by atoms with Gasteiger partial charge in [0, 0.05) is 16.8 Å². The molecule has 0 radical (unpaired) electrons. The Bertz CT molecular complexity index is 654. The standard InChI is InChI=1S/C16H23N3OS2/c1-5-7-8-17-14(20)10(3)21-15-13-9-12(6-2)22-16(13)19-11(4)18-15/h9-10H,5-8H2,1-4H3,(H,17,20). The van der Waals surface area contributed by atoms with Gasteiger partial charge in [-0.15, -0.1) is 11.3 Å². The molecule has 1 amide bonds. The number of fused-ring (bicyclic) bond motifs is 1. The molecule has 0 aliphatic carbocycles. The lowest BCUT2D eigenvalue weighted by Gasteiger charge is -2.12. The van der Waals surface area contributed by atoms with Gasteiger partial charge in [-0.05, 0) is 32.8 Å². The zero-order valence-corrected chi connectivity index (χ0v) is 15.2. The molecular formula is C16H23N3OS2. The molecule has 4 nitrogen and oxygen atoms in total. The summed E-state index contributed by atoms with van der Waals surface area (Å²) in [5, 5.41) is 4.82. The van der Waals surface area contributed by atoms with Crippen molar-refractivity contribution in [3.63, 3.8) is 0 Å². The Morgan fingerprint density at radius 3 is 2.86 bits per heavy atom. The highest BCUT2D eigenvalue weighted by Crippen LogP contribution is 2.33. The fourth-order valence-electron chi connectivity index (χ4n) is 2.06. The van der Waals surface area contributed by atoms with Crippen LogP contribution in [0.1, 0.15) is 44.3 Å². The minimum absolute atomic E-state index is 0.0776. The first-order valence-corrected chi connectivity index (χ1v) is 9.46. The number of carbonyl (C=O) groups is 1. The van der Waals surface area contributed by atoms with Crippen LogP contribution in [0.25, 0.3) is 10.2 Å². The van der Waals surface area contributed by atoms with Crippen LogP contribution in [-0.2, 0) is 11.2 Å². The van der Waals surface area contributed by atoms with Crippen molar-refractivity contribution in [2.75, 3.05) is 6.54 Å². The summed E-state index contributed by atoms with van der Waals surface area (Å²) in [5.41, 5.74) is 0. The molecule has 0 bridgehead atoms. The summed E-state index contributed by atoms with van der Waals surface area (Å²) in [6.45, 7) is 8.84. The van der Waals surface area contributed by atoms with Crippen LogP contribution in [0.5, 0.6) is 0 Å². The fourth-order valence-corrected chi connectivity index (χ4v) is 4.13. The maximum atomic E-state index is 12.1. The van der Waals surface area contributed by atoms with Crippen LogP contribution in [0.4, 0.5) is 0 Å². The Kier molecular flexibility index (Phi) is 6.20. The maximum absolute atomic E-state index is 12.1. The van der Waals surface area contributed by atoms with E-state index in [1.165, 1.54) is 16.6 Å². The molecule has 0 saturated heterocycles. The van der Waals surface area contributed by atoms with Gasteiger partial charge >= 0.3 is 0 Å². The second-order valence-corrected chi connectivity index (χ2v) is 7.71. The second-order valence-electron chi connectivity index (χ2n) is 5.27. The third-order valence-corrected chi connectivity index (χ3v) is 5.63. The molecule has 2 aromatic rings. The van der Waals surface area contributed by atoms with E-state index in [2.05, 4.69) is 35.2 Å². The number of nitrogens with zero attached hydrogens (tertiary/aromatic N) is 2. The molecule has 0 aromatic carbocycles. The van der Waals surface area contributed by atoms with Gasteiger partial charge in [-0.2, -0.15) is 0 Å². The summed E-state index contributed by atoms with van der Waals surface area (Å²) in [6, 6.07) is 2.16. The average molecular weight is 338 g/mol. The molecule has 0 aliphatic rings. The number of carbonyl (C=O) groups excluding carboxylic acids is 1. The molecule has 0 spiro atoms. The quantitative estimate of drug-likeness (QED) is 0.472. The van der Waals surface area contributed by atoms with Crippen LogP contribution in [0.3, 0.4) is 0 Å². The topological polar surface area (TPSA) is 54.9 Å². The van der Waals surface area contributed by atoms with Crippen molar-refractivity contribution in [3.8, 4) is 0 Å². The summed E-state index contributed by atoms with van der Waals surface area (Å²) < 4.78 is 0. The van der Waals surface area contributed by atoms with E-state index in [0.717, 1.165) is 46.9 Å². The molecule has 2 rings (SSSR count). The molecule has 120 valence electrons. The van der Waals surface area contributed by atoms with Gasteiger partial charge in [0.15, 0.2) is 0 Å². The fraction of sp³-hybridized carbons (Fsp3) is 0.562. The number of rotatable bonds is 7. The molecule has 1 unspecified atom stereocenters. The molecule has 1 N–H and O–H groups in total. The minimum atomic E-state index is -0.153. The van der Waals surface area contributed by atoms with Crippen molar-refractivity contribution < 1.29 is 4.79 Å². The van der Waals surface area contributed by atoms with Gasteiger partial charge in [-0.3, -0.25) is 4.79 Å². The second kappa shape index (κ2) is 7.92. The van der Waals surface area contributed by atoms with Gasteiger partial charge in [0.05, 0.1) is 5.25 Å². The van der Waals surface area contributed by atoms with E-state index in [0.29, 0.717) is 0 Å². The molecular weight excluding hydrogens is 314 g/mol. The maximum Gasteiger partial charge on any atom is 0.233 e. The van der Waals surface area contributed by atoms with Gasteiger partial charge in [0.1, 0.15) is 15.7 Å². The molecule has 6 heteroatoms. The first kappa shape index (κ1) is 17.2. The zero-order valence-electron chi connectivity index (χ0n) is 13.6. The molecule has 0 fully saturated rings. The highest BCUT2D eigenvalue weighted by Gasteiger charge is 2.18. The van der Waals surface area contributed by atoms with E-state index in [1.807, 2.05) is 13.8 Å². The van der Waals surface area contributed by atoms with Crippen molar-refractivity contribution in [2.45, 2.75) is 57.2 Å². The lowest BCUT2D eigenvalue weighted by Crippen LogP contribution is -2.31. The van der Waals surface area contributed by atoms with E-state index in [4.69, 9.17) is 0 Å². The lowest BCUT2D eigenvalue weighted by molar-refractivity contribution is -0.120. The number of aromatic nitrogens is 2. The normalized spacial score (nSPS) is 12.5. The molecule has 2 heterocycles. The predicted molar refractivity (Wildman–Crippen MR) is 94.8 cm³/mol. The van der Waals surface area contributed by atoms with Gasteiger partial charge in [0.2, 0.25) is 5.91 Å². The molecule has 2 aromatic heterocycles. The van der Waals surface area contributed by atoms with E-state index < -0.39 is 0 Å². The van der Waals surface area contributed by atoms with Crippen LogP contribution in [-0.4, -0.2) is 27.7 Å². The first-order valence-electron chi connectivity index (χ1n) is 7.76. The van der Waals surface area contributed by atoms with Crippen molar-refractivity contribution in [1.82, 2.24) is 15.3 Å². The van der Waals surface area contributed by atoms with Crippen LogP contribution in [0.2, 0.25) is 0 Å². The van der Waals surface area contributed by atoms with Crippen LogP contribution < -0.4 is 5.32 Å². The number of unbranched alkanes of at least 4 members (excludes halogenated alkanes) is 1. The van der Waals surface area contributed by atoms with Gasteiger partial charge in [0.25, 0.3) is 0 Å². The molecule has 1 atom stereocenters. The van der Waals surface area contributed by atoms with E-state index in [9.17, 15) is 4.79 Å². The first-order chi connectivity index (χ1) is 10.5. The SMILES string of the molecule is CCCCNC(=O)C(C)Sc1nc(C)nc2sc(CC)cc12. The van der Waals surface area contributed by atoms with Crippen molar-refractivity contribution in [2.24, 2.45) is 0 Å². The summed E-state index contributed by atoms with van der Waals surface area (Å²) in [4.78, 5) is 23.5. The van der Waals surface area contributed by atoms with E-state index in [1.54, 1.807) is 11.3 Å². The van der Waals surface area contributed by atoms with Gasteiger partial charge in [-0.1, -0.05) is 32.0 Å². The van der Waals surface area contributed by atoms with Crippen molar-refractivity contribution >= 4 is 39.2 Å². The van der Waals surface area contributed by atoms with Gasteiger partial charge < -0.3 is 5.32 Å². The van der Waals surface area contributed by atoms with Gasteiger partial charge in [-0.25, -0.2) is 9.97 Å². The van der Waals surface area contributed by atoms with E-state index >= 15 is 0 Å². The Morgan fingerprint density at radius 1 is 1.41 bits per heavy atom. The van der Waals surface area contributed by atoms with Crippen molar-refractivity contribution in [1.29, 1.82) is 0 Å². The molecule has 22 heavy (non-hydrogen) atoms. The summed E-state index contributed by atoms with van der Waals surface area (Å²) in [5.74, 6) is 0.840. The Morgan fingerprint density at radius 2 is 2.18 bits per heavy atom. The number of aryl methyl sites for hydroxylation is 2.